The second kappa shape index (κ2) is 12.4. The summed E-state index contributed by atoms with van der Waals surface area (Å²) in [6.45, 7) is 9.69. The normalized spacial score (nSPS) is 12.8. The van der Waals surface area contributed by atoms with Crippen LogP contribution in [0.15, 0.2) is 0 Å². The van der Waals surface area contributed by atoms with E-state index in [9.17, 15) is 9.90 Å². The fraction of sp³-hybridized carbons (Fsp3) is 0.929. The summed E-state index contributed by atoms with van der Waals surface area (Å²) in [7, 11) is 0. The largest absolute Gasteiger partial charge is 0.480 e. The third-order valence-corrected chi connectivity index (χ3v) is 3.01. The summed E-state index contributed by atoms with van der Waals surface area (Å²) < 4.78 is 10.7. The Morgan fingerprint density at radius 1 is 1.11 bits per heavy atom. The summed E-state index contributed by atoms with van der Waals surface area (Å²) in [5, 5.41) is 9.36. The Morgan fingerprint density at radius 3 is 2.00 bits per heavy atom. The highest BCUT2D eigenvalue weighted by atomic mass is 16.5. The number of carbonyl (C=O) groups is 1. The molecule has 0 aliphatic carbocycles. The quantitative estimate of drug-likeness (QED) is 0.521. The van der Waals surface area contributed by atoms with Crippen molar-refractivity contribution in [1.29, 1.82) is 0 Å². The van der Waals surface area contributed by atoms with Gasteiger partial charge in [0.1, 0.15) is 6.04 Å². The number of ether oxygens (including phenoxy) is 2. The van der Waals surface area contributed by atoms with Crippen molar-refractivity contribution in [2.75, 3.05) is 39.5 Å². The van der Waals surface area contributed by atoms with E-state index in [1.165, 1.54) is 0 Å². The van der Waals surface area contributed by atoms with Gasteiger partial charge in [0.15, 0.2) is 0 Å². The number of unbranched alkanes of at least 4 members (excludes halogenated alkanes) is 1. The number of carboxylic acid groups (broad SMARTS) is 1. The number of aliphatic carboxylic acids is 1. The highest BCUT2D eigenvalue weighted by molar-refractivity contribution is 5.73. The lowest BCUT2D eigenvalue weighted by atomic mass is 10.1. The molecular weight excluding hydrogens is 246 g/mol. The lowest BCUT2D eigenvalue weighted by molar-refractivity contribution is -0.144. The average molecular weight is 275 g/mol. The highest BCUT2D eigenvalue weighted by Gasteiger charge is 2.24. The molecule has 0 aliphatic rings. The SMILES string of the molecule is CCCCC(C(=O)O)N(CCOCC)CCOCC. The Hall–Kier alpha value is -0.650. The molecule has 0 radical (unpaired) electrons. The molecule has 0 rings (SSSR count). The van der Waals surface area contributed by atoms with Crippen LogP contribution in [0.4, 0.5) is 0 Å². The van der Waals surface area contributed by atoms with Gasteiger partial charge in [-0.3, -0.25) is 9.69 Å². The predicted octanol–water partition coefficient (Wildman–Crippen LogP) is 2.00. The van der Waals surface area contributed by atoms with Crippen molar-refractivity contribution in [3.8, 4) is 0 Å². The van der Waals surface area contributed by atoms with Crippen LogP contribution < -0.4 is 0 Å². The molecule has 19 heavy (non-hydrogen) atoms. The van der Waals surface area contributed by atoms with Gasteiger partial charge in [-0.25, -0.2) is 0 Å². The predicted molar refractivity (Wildman–Crippen MR) is 75.5 cm³/mol. The zero-order valence-electron chi connectivity index (χ0n) is 12.6. The number of carboxylic acids is 1. The molecule has 0 aromatic rings. The summed E-state index contributed by atoms with van der Waals surface area (Å²) in [6.07, 6.45) is 2.62. The first-order valence-electron chi connectivity index (χ1n) is 7.29. The van der Waals surface area contributed by atoms with E-state index in [0.717, 1.165) is 12.8 Å². The number of hydrogen-bond donors (Lipinski definition) is 1. The van der Waals surface area contributed by atoms with Crippen molar-refractivity contribution in [3.63, 3.8) is 0 Å². The average Bonchev–Trinajstić information content (AvgIpc) is 2.38. The summed E-state index contributed by atoms with van der Waals surface area (Å²) in [5.41, 5.74) is 0. The molecule has 1 unspecified atom stereocenters. The van der Waals surface area contributed by atoms with Gasteiger partial charge < -0.3 is 14.6 Å². The standard InChI is InChI=1S/C14H29NO4/c1-4-7-8-13(14(16)17)15(9-11-18-5-2)10-12-19-6-3/h13H,4-12H2,1-3H3,(H,16,17). The maximum atomic E-state index is 11.4. The molecule has 0 bridgehead atoms. The molecule has 1 N–H and O–H groups in total. The van der Waals surface area contributed by atoms with Gasteiger partial charge in [-0.2, -0.15) is 0 Å². The third kappa shape index (κ3) is 8.97. The van der Waals surface area contributed by atoms with Crippen LogP contribution in [0.5, 0.6) is 0 Å². The van der Waals surface area contributed by atoms with E-state index in [1.54, 1.807) is 0 Å². The van der Waals surface area contributed by atoms with E-state index in [2.05, 4.69) is 6.92 Å². The van der Waals surface area contributed by atoms with E-state index in [4.69, 9.17) is 9.47 Å². The highest BCUT2D eigenvalue weighted by Crippen LogP contribution is 2.09. The van der Waals surface area contributed by atoms with Crippen molar-refractivity contribution < 1.29 is 19.4 Å². The number of rotatable bonds is 13. The fourth-order valence-corrected chi connectivity index (χ4v) is 1.94. The molecule has 0 aromatic heterocycles. The molecule has 0 spiro atoms. The Bertz CT molecular complexity index is 213. The molecule has 0 fully saturated rings. The number of hydrogen-bond acceptors (Lipinski definition) is 4. The van der Waals surface area contributed by atoms with Gasteiger partial charge in [0, 0.05) is 26.3 Å². The van der Waals surface area contributed by atoms with Crippen molar-refractivity contribution in [1.82, 2.24) is 4.90 Å². The minimum absolute atomic E-state index is 0.430. The molecule has 114 valence electrons. The molecule has 0 aromatic carbocycles. The zero-order valence-corrected chi connectivity index (χ0v) is 12.6. The Balaban J connectivity index is 4.38. The molecular formula is C14H29NO4. The summed E-state index contributed by atoms with van der Waals surface area (Å²) in [5.74, 6) is -0.749. The Labute approximate surface area is 116 Å². The van der Waals surface area contributed by atoms with Crippen molar-refractivity contribution in [3.05, 3.63) is 0 Å². The van der Waals surface area contributed by atoms with Crippen LogP contribution >= 0.6 is 0 Å². The van der Waals surface area contributed by atoms with Crippen LogP contribution in [0.25, 0.3) is 0 Å². The molecule has 0 saturated heterocycles. The van der Waals surface area contributed by atoms with Crippen molar-refractivity contribution >= 4 is 5.97 Å². The molecule has 5 heteroatoms. The smallest absolute Gasteiger partial charge is 0.320 e. The second-order valence-electron chi connectivity index (χ2n) is 4.43. The zero-order chi connectivity index (χ0) is 14.5. The van der Waals surface area contributed by atoms with Crippen LogP contribution in [0.3, 0.4) is 0 Å². The minimum atomic E-state index is -0.749. The Morgan fingerprint density at radius 2 is 1.63 bits per heavy atom. The molecule has 5 nitrogen and oxygen atoms in total. The van der Waals surface area contributed by atoms with Crippen LogP contribution in [-0.4, -0.2) is 61.5 Å². The van der Waals surface area contributed by atoms with Gasteiger partial charge in [-0.15, -0.1) is 0 Å². The maximum Gasteiger partial charge on any atom is 0.320 e. The van der Waals surface area contributed by atoms with Crippen LogP contribution in [0, 0.1) is 0 Å². The minimum Gasteiger partial charge on any atom is -0.480 e. The van der Waals surface area contributed by atoms with E-state index in [1.807, 2.05) is 18.7 Å². The van der Waals surface area contributed by atoms with E-state index in [-0.39, 0.29) is 0 Å². The van der Waals surface area contributed by atoms with Crippen LogP contribution in [-0.2, 0) is 14.3 Å². The molecule has 0 heterocycles. The van der Waals surface area contributed by atoms with Crippen LogP contribution in [0.1, 0.15) is 40.0 Å². The first kappa shape index (κ1) is 18.4. The van der Waals surface area contributed by atoms with E-state index in [0.29, 0.717) is 45.9 Å². The van der Waals surface area contributed by atoms with Crippen molar-refractivity contribution in [2.45, 2.75) is 46.1 Å². The van der Waals surface area contributed by atoms with E-state index < -0.39 is 12.0 Å². The lowest BCUT2D eigenvalue weighted by Gasteiger charge is -2.28. The summed E-state index contributed by atoms with van der Waals surface area (Å²) in [6, 6.07) is -0.430. The summed E-state index contributed by atoms with van der Waals surface area (Å²) in [4.78, 5) is 13.4. The monoisotopic (exact) mass is 275 g/mol. The van der Waals surface area contributed by atoms with Crippen molar-refractivity contribution in [2.24, 2.45) is 0 Å². The Kier molecular flexibility index (Phi) is 12.0. The van der Waals surface area contributed by atoms with Crippen LogP contribution in [0.2, 0.25) is 0 Å². The van der Waals surface area contributed by atoms with Gasteiger partial charge >= 0.3 is 5.97 Å². The second-order valence-corrected chi connectivity index (χ2v) is 4.43. The molecule has 0 saturated carbocycles. The molecule has 0 amide bonds. The molecule has 1 atom stereocenters. The third-order valence-electron chi connectivity index (χ3n) is 3.01. The first-order chi connectivity index (χ1) is 9.17. The lowest BCUT2D eigenvalue weighted by Crippen LogP contribution is -2.44. The van der Waals surface area contributed by atoms with Gasteiger partial charge in [0.25, 0.3) is 0 Å². The first-order valence-corrected chi connectivity index (χ1v) is 7.29. The topological polar surface area (TPSA) is 59.0 Å². The summed E-state index contributed by atoms with van der Waals surface area (Å²) >= 11 is 0. The fourth-order valence-electron chi connectivity index (χ4n) is 1.94. The molecule has 0 aliphatic heterocycles. The van der Waals surface area contributed by atoms with Gasteiger partial charge in [0.05, 0.1) is 13.2 Å². The van der Waals surface area contributed by atoms with Gasteiger partial charge in [-0.1, -0.05) is 19.8 Å². The number of nitrogens with zero attached hydrogens (tertiary/aromatic N) is 1. The van der Waals surface area contributed by atoms with E-state index >= 15 is 0 Å². The van der Waals surface area contributed by atoms with Gasteiger partial charge in [0.2, 0.25) is 0 Å². The van der Waals surface area contributed by atoms with Gasteiger partial charge in [-0.05, 0) is 20.3 Å². The maximum absolute atomic E-state index is 11.4.